The highest BCUT2D eigenvalue weighted by molar-refractivity contribution is 7.20. The number of benzene rings is 1. The number of hydrogen-bond acceptors (Lipinski definition) is 6. The van der Waals surface area contributed by atoms with Crippen molar-refractivity contribution in [1.82, 2.24) is 15.4 Å². The molecule has 24 heavy (non-hydrogen) atoms. The fraction of sp³-hybridized carbons (Fsp3) is 0.235. The van der Waals surface area contributed by atoms with Crippen molar-refractivity contribution < 1.29 is 4.79 Å². The maximum atomic E-state index is 11.9. The zero-order chi connectivity index (χ0) is 16.5. The van der Waals surface area contributed by atoms with E-state index in [0.29, 0.717) is 10.7 Å². The van der Waals surface area contributed by atoms with E-state index in [-0.39, 0.29) is 5.91 Å². The van der Waals surface area contributed by atoms with E-state index in [4.69, 9.17) is 10.8 Å². The number of hydrazine groups is 1. The molecule has 0 aliphatic carbocycles. The fourth-order valence-corrected chi connectivity index (χ4v) is 3.90. The molecule has 6 nitrogen and oxygen atoms in total. The van der Waals surface area contributed by atoms with Gasteiger partial charge in [-0.1, -0.05) is 30.3 Å². The third kappa shape index (κ3) is 2.61. The van der Waals surface area contributed by atoms with E-state index >= 15 is 0 Å². The molecule has 0 bridgehead atoms. The number of aromatic nitrogens is 2. The monoisotopic (exact) mass is 339 g/mol. The van der Waals surface area contributed by atoms with Gasteiger partial charge in [-0.15, -0.1) is 11.3 Å². The van der Waals surface area contributed by atoms with Crippen LogP contribution < -0.4 is 16.2 Å². The number of nitrogen functional groups attached to an aromatic ring is 1. The molecule has 7 heteroatoms. The molecule has 1 fully saturated rings. The minimum absolute atomic E-state index is 0.299. The van der Waals surface area contributed by atoms with Crippen molar-refractivity contribution in [3.05, 3.63) is 41.3 Å². The van der Waals surface area contributed by atoms with Crippen molar-refractivity contribution in [3.8, 4) is 11.4 Å². The van der Waals surface area contributed by atoms with Crippen LogP contribution in [0.2, 0.25) is 0 Å². The number of thiophene rings is 1. The second-order valence-electron chi connectivity index (χ2n) is 5.73. The summed E-state index contributed by atoms with van der Waals surface area (Å²) in [5.41, 5.74) is 3.16. The van der Waals surface area contributed by atoms with Gasteiger partial charge in [0.15, 0.2) is 5.82 Å². The predicted molar refractivity (Wildman–Crippen MR) is 96.0 cm³/mol. The van der Waals surface area contributed by atoms with Crippen LogP contribution in [0.5, 0.6) is 0 Å². The highest BCUT2D eigenvalue weighted by Gasteiger charge is 2.21. The standard InChI is InChI=1S/C17H17N5OS/c18-21-16(23)13-10-12-15(22-8-4-5-9-22)19-14(20-17(12)24-13)11-6-2-1-3-7-11/h1-3,6-7,10H,4-5,8-9,18H2,(H,21,23). The molecule has 2 aromatic heterocycles. The Labute approximate surface area is 143 Å². The number of nitrogens with one attached hydrogen (secondary N) is 1. The van der Waals surface area contributed by atoms with E-state index < -0.39 is 0 Å². The summed E-state index contributed by atoms with van der Waals surface area (Å²) in [6.45, 7) is 1.96. The van der Waals surface area contributed by atoms with Crippen molar-refractivity contribution in [2.24, 2.45) is 5.84 Å². The molecular formula is C17H17N5OS. The molecule has 122 valence electrons. The highest BCUT2D eigenvalue weighted by Crippen LogP contribution is 2.34. The molecule has 0 atom stereocenters. The Bertz CT molecular complexity index is 887. The number of rotatable bonds is 3. The quantitative estimate of drug-likeness (QED) is 0.435. The topological polar surface area (TPSA) is 84.1 Å². The summed E-state index contributed by atoms with van der Waals surface area (Å²) < 4.78 is 0. The van der Waals surface area contributed by atoms with Crippen molar-refractivity contribution >= 4 is 33.3 Å². The van der Waals surface area contributed by atoms with E-state index in [2.05, 4.69) is 15.3 Å². The lowest BCUT2D eigenvalue weighted by Gasteiger charge is -2.18. The Hall–Kier alpha value is -2.51. The van der Waals surface area contributed by atoms with Crippen LogP contribution in [0.15, 0.2) is 36.4 Å². The number of amides is 1. The highest BCUT2D eigenvalue weighted by atomic mass is 32.1. The molecule has 1 amide bonds. The molecule has 1 aliphatic heterocycles. The third-order valence-corrected chi connectivity index (χ3v) is 5.19. The molecule has 3 heterocycles. The Morgan fingerprint density at radius 2 is 1.92 bits per heavy atom. The lowest BCUT2D eigenvalue weighted by molar-refractivity contribution is 0.0958. The van der Waals surface area contributed by atoms with Gasteiger partial charge in [-0.25, -0.2) is 15.8 Å². The number of fused-ring (bicyclic) bond motifs is 1. The van der Waals surface area contributed by atoms with Gasteiger partial charge < -0.3 is 4.90 Å². The summed E-state index contributed by atoms with van der Waals surface area (Å²) in [4.78, 5) is 25.0. The third-order valence-electron chi connectivity index (χ3n) is 4.17. The SMILES string of the molecule is NNC(=O)c1cc2c(N3CCCC3)nc(-c3ccccc3)nc2s1. The van der Waals surface area contributed by atoms with Crippen LogP contribution in [0.1, 0.15) is 22.5 Å². The van der Waals surface area contributed by atoms with Crippen LogP contribution in [-0.4, -0.2) is 29.0 Å². The first kappa shape index (κ1) is 15.0. The molecule has 1 aromatic carbocycles. The zero-order valence-corrected chi connectivity index (χ0v) is 13.8. The number of nitrogens with zero attached hydrogens (tertiary/aromatic N) is 3. The van der Waals surface area contributed by atoms with E-state index in [1.165, 1.54) is 11.3 Å². The first-order valence-corrected chi connectivity index (χ1v) is 8.71. The normalized spacial score (nSPS) is 14.3. The minimum atomic E-state index is -0.299. The largest absolute Gasteiger partial charge is 0.356 e. The second-order valence-corrected chi connectivity index (χ2v) is 6.76. The summed E-state index contributed by atoms with van der Waals surface area (Å²) >= 11 is 1.34. The minimum Gasteiger partial charge on any atom is -0.356 e. The summed E-state index contributed by atoms with van der Waals surface area (Å²) in [6, 6.07) is 11.7. The van der Waals surface area contributed by atoms with Gasteiger partial charge in [-0.2, -0.15) is 0 Å². The van der Waals surface area contributed by atoms with Gasteiger partial charge in [0.1, 0.15) is 10.6 Å². The molecule has 0 spiro atoms. The number of hydrogen-bond donors (Lipinski definition) is 2. The van der Waals surface area contributed by atoms with Crippen LogP contribution in [0.4, 0.5) is 5.82 Å². The zero-order valence-electron chi connectivity index (χ0n) is 13.0. The number of anilines is 1. The van der Waals surface area contributed by atoms with Gasteiger partial charge in [0.05, 0.1) is 10.3 Å². The summed E-state index contributed by atoms with van der Waals surface area (Å²) in [5.74, 6) is 6.56. The maximum absolute atomic E-state index is 11.9. The van der Waals surface area contributed by atoms with Crippen molar-refractivity contribution in [2.75, 3.05) is 18.0 Å². The van der Waals surface area contributed by atoms with Crippen molar-refractivity contribution in [2.45, 2.75) is 12.8 Å². The van der Waals surface area contributed by atoms with Gasteiger partial charge >= 0.3 is 0 Å². The van der Waals surface area contributed by atoms with Crippen LogP contribution in [0.25, 0.3) is 21.6 Å². The molecule has 0 radical (unpaired) electrons. The van der Waals surface area contributed by atoms with E-state index in [0.717, 1.165) is 47.5 Å². The Balaban J connectivity index is 1.91. The van der Waals surface area contributed by atoms with Gasteiger partial charge in [0.2, 0.25) is 0 Å². The Kier molecular flexibility index (Phi) is 3.87. The fourth-order valence-electron chi connectivity index (χ4n) is 2.98. The van der Waals surface area contributed by atoms with Crippen molar-refractivity contribution in [3.63, 3.8) is 0 Å². The molecule has 1 saturated heterocycles. The number of carbonyl (C=O) groups is 1. The first-order chi connectivity index (χ1) is 11.8. The molecule has 0 saturated carbocycles. The van der Waals surface area contributed by atoms with Gasteiger partial charge in [0.25, 0.3) is 5.91 Å². The number of nitrogens with two attached hydrogens (primary N) is 1. The smallest absolute Gasteiger partial charge is 0.275 e. The Morgan fingerprint density at radius 3 is 2.62 bits per heavy atom. The lowest BCUT2D eigenvalue weighted by Crippen LogP contribution is -2.29. The first-order valence-electron chi connectivity index (χ1n) is 7.89. The molecule has 3 N–H and O–H groups in total. The molecule has 0 unspecified atom stereocenters. The van der Waals surface area contributed by atoms with Gasteiger partial charge in [-0.05, 0) is 18.9 Å². The van der Waals surface area contributed by atoms with Gasteiger partial charge in [0, 0.05) is 18.7 Å². The Morgan fingerprint density at radius 1 is 1.17 bits per heavy atom. The van der Waals surface area contributed by atoms with Crippen molar-refractivity contribution in [1.29, 1.82) is 0 Å². The summed E-state index contributed by atoms with van der Waals surface area (Å²) in [5, 5.41) is 0.917. The van der Waals surface area contributed by atoms with Crippen LogP contribution in [0.3, 0.4) is 0 Å². The average molecular weight is 339 g/mol. The van der Waals surface area contributed by atoms with Gasteiger partial charge in [-0.3, -0.25) is 10.2 Å². The second kappa shape index (κ2) is 6.18. The van der Waals surface area contributed by atoms with Crippen LogP contribution >= 0.6 is 11.3 Å². The summed E-state index contributed by atoms with van der Waals surface area (Å²) in [7, 11) is 0. The van der Waals surface area contributed by atoms with E-state index in [9.17, 15) is 4.79 Å². The lowest BCUT2D eigenvalue weighted by atomic mass is 10.2. The van der Waals surface area contributed by atoms with E-state index in [1.54, 1.807) is 0 Å². The predicted octanol–water partition coefficient (Wildman–Crippen LogP) is 2.56. The molecule has 3 aromatic rings. The van der Waals surface area contributed by atoms with Crippen LogP contribution in [0, 0.1) is 0 Å². The average Bonchev–Trinajstić information content (AvgIpc) is 3.30. The van der Waals surface area contributed by atoms with E-state index in [1.807, 2.05) is 36.4 Å². The molecule has 4 rings (SSSR count). The number of carbonyl (C=O) groups excluding carboxylic acids is 1. The maximum Gasteiger partial charge on any atom is 0.275 e. The van der Waals surface area contributed by atoms with Crippen LogP contribution in [-0.2, 0) is 0 Å². The summed E-state index contributed by atoms with van der Waals surface area (Å²) in [6.07, 6.45) is 2.32. The molecular weight excluding hydrogens is 322 g/mol. The molecule has 1 aliphatic rings.